The van der Waals surface area contributed by atoms with Crippen LogP contribution in [0.1, 0.15) is 0 Å². The van der Waals surface area contributed by atoms with E-state index in [1.807, 2.05) is 0 Å². The molecule has 4 N–H and O–H groups in total. The van der Waals surface area contributed by atoms with Gasteiger partial charge in [0.15, 0.2) is 5.96 Å². The van der Waals surface area contributed by atoms with E-state index >= 15 is 0 Å². The minimum absolute atomic E-state index is 0.0243. The van der Waals surface area contributed by atoms with Gasteiger partial charge in [-0.15, -0.1) is 0 Å². The van der Waals surface area contributed by atoms with Crippen LogP contribution in [-0.2, 0) is 0 Å². The van der Waals surface area contributed by atoms with E-state index in [-0.39, 0.29) is 12.0 Å². The van der Waals surface area contributed by atoms with Crippen molar-refractivity contribution in [2.45, 2.75) is 0 Å². The second-order valence-electron chi connectivity index (χ2n) is 1.96. The Morgan fingerprint density at radius 2 is 2.00 bits per heavy atom. The molecule has 0 saturated carbocycles. The molecule has 1 heterocycles. The highest BCUT2D eigenvalue weighted by molar-refractivity contribution is 5.78. The van der Waals surface area contributed by atoms with Crippen molar-refractivity contribution in [3.8, 4) is 6.01 Å². The van der Waals surface area contributed by atoms with E-state index in [9.17, 15) is 0 Å². The van der Waals surface area contributed by atoms with Crippen molar-refractivity contribution in [1.29, 1.82) is 0 Å². The smallest absolute Gasteiger partial charge is 0.316 e. The molecule has 0 aromatic carbocycles. The van der Waals surface area contributed by atoms with Crippen molar-refractivity contribution >= 4 is 11.6 Å². The summed E-state index contributed by atoms with van der Waals surface area (Å²) in [5.41, 5.74) is 10.8. The van der Waals surface area contributed by atoms with E-state index in [2.05, 4.69) is 15.0 Å². The van der Waals surface area contributed by atoms with Crippen molar-refractivity contribution in [2.24, 2.45) is 16.5 Å². The number of hydrogen-bond donors (Lipinski definition) is 2. The average molecular weight is 167 g/mol. The lowest BCUT2D eigenvalue weighted by atomic mass is 10.5. The molecule has 0 amide bonds. The van der Waals surface area contributed by atoms with Crippen LogP contribution < -0.4 is 16.2 Å². The van der Waals surface area contributed by atoms with Gasteiger partial charge in [-0.3, -0.25) is 0 Å². The second-order valence-corrected chi connectivity index (χ2v) is 1.96. The maximum absolute atomic E-state index is 5.14. The van der Waals surface area contributed by atoms with Crippen molar-refractivity contribution in [1.82, 2.24) is 9.97 Å². The van der Waals surface area contributed by atoms with E-state index in [0.29, 0.717) is 5.69 Å². The van der Waals surface area contributed by atoms with Crippen LogP contribution in [0, 0.1) is 0 Å². The number of hydrogen-bond acceptors (Lipinski definition) is 4. The van der Waals surface area contributed by atoms with Crippen molar-refractivity contribution in [3.05, 3.63) is 12.4 Å². The molecular formula is C6H9N5O. The zero-order valence-electron chi connectivity index (χ0n) is 6.56. The highest BCUT2D eigenvalue weighted by Gasteiger charge is 1.94. The van der Waals surface area contributed by atoms with Crippen LogP contribution in [0.15, 0.2) is 17.4 Å². The van der Waals surface area contributed by atoms with Gasteiger partial charge in [-0.05, 0) is 0 Å². The van der Waals surface area contributed by atoms with Crippen molar-refractivity contribution in [3.63, 3.8) is 0 Å². The summed E-state index contributed by atoms with van der Waals surface area (Å²) in [4.78, 5) is 11.3. The second kappa shape index (κ2) is 3.51. The molecule has 0 aliphatic carbocycles. The molecule has 0 atom stereocenters. The Bertz CT molecular complexity index is 276. The molecular weight excluding hydrogens is 158 g/mol. The molecule has 6 heteroatoms. The van der Waals surface area contributed by atoms with Gasteiger partial charge in [-0.25, -0.2) is 15.0 Å². The fourth-order valence-electron chi connectivity index (χ4n) is 0.622. The summed E-state index contributed by atoms with van der Waals surface area (Å²) in [6.07, 6.45) is 2.93. The summed E-state index contributed by atoms with van der Waals surface area (Å²) >= 11 is 0. The Morgan fingerprint density at radius 3 is 2.42 bits per heavy atom. The molecule has 0 bridgehead atoms. The highest BCUT2D eigenvalue weighted by Crippen LogP contribution is 2.09. The van der Waals surface area contributed by atoms with Crippen LogP contribution in [0.4, 0.5) is 5.69 Å². The summed E-state index contributed by atoms with van der Waals surface area (Å²) in [5, 5.41) is 0. The number of rotatable bonds is 2. The predicted octanol–water partition coefficient (Wildman–Crippen LogP) is -0.610. The van der Waals surface area contributed by atoms with E-state index in [1.54, 1.807) is 0 Å². The van der Waals surface area contributed by atoms with E-state index in [0.717, 1.165) is 0 Å². The van der Waals surface area contributed by atoms with Crippen LogP contribution in [-0.4, -0.2) is 23.0 Å². The quantitative estimate of drug-likeness (QED) is 0.452. The maximum Gasteiger partial charge on any atom is 0.316 e. The largest absolute Gasteiger partial charge is 0.467 e. The molecule has 1 aromatic heterocycles. The lowest BCUT2D eigenvalue weighted by Crippen LogP contribution is -2.21. The number of aliphatic imine (C=N–C) groups is 1. The minimum atomic E-state index is -0.0243. The molecule has 0 saturated heterocycles. The fourth-order valence-corrected chi connectivity index (χ4v) is 0.622. The fraction of sp³-hybridized carbons (Fsp3) is 0.167. The van der Waals surface area contributed by atoms with Crippen LogP contribution in [0.2, 0.25) is 0 Å². The number of ether oxygens (including phenoxy) is 1. The predicted molar refractivity (Wildman–Crippen MR) is 44.1 cm³/mol. The first-order chi connectivity index (χ1) is 5.72. The van der Waals surface area contributed by atoms with Gasteiger partial charge in [0.05, 0.1) is 19.5 Å². The average Bonchev–Trinajstić information content (AvgIpc) is 2.05. The van der Waals surface area contributed by atoms with E-state index in [1.165, 1.54) is 19.5 Å². The van der Waals surface area contributed by atoms with Gasteiger partial charge in [0, 0.05) is 0 Å². The molecule has 0 aliphatic rings. The number of nitrogens with two attached hydrogens (primary N) is 2. The van der Waals surface area contributed by atoms with Crippen LogP contribution in [0.25, 0.3) is 0 Å². The Kier molecular flexibility index (Phi) is 2.42. The molecule has 6 nitrogen and oxygen atoms in total. The van der Waals surface area contributed by atoms with Gasteiger partial charge in [-0.1, -0.05) is 0 Å². The molecule has 0 unspecified atom stereocenters. The number of guanidine groups is 1. The van der Waals surface area contributed by atoms with Crippen molar-refractivity contribution < 1.29 is 4.74 Å². The van der Waals surface area contributed by atoms with Crippen LogP contribution in [0.3, 0.4) is 0 Å². The van der Waals surface area contributed by atoms with Gasteiger partial charge in [0.1, 0.15) is 5.69 Å². The zero-order valence-corrected chi connectivity index (χ0v) is 6.56. The molecule has 0 fully saturated rings. The Balaban J connectivity index is 2.85. The third-order valence-corrected chi connectivity index (χ3v) is 1.06. The standard InChI is InChI=1S/C6H9N5O/c1-12-6-9-2-4(3-10-6)11-5(7)8/h2-3H,1H3,(H4,7,8,11). The van der Waals surface area contributed by atoms with Crippen LogP contribution in [0.5, 0.6) is 6.01 Å². The molecule has 0 aliphatic heterocycles. The Hall–Kier alpha value is -1.85. The van der Waals surface area contributed by atoms with Gasteiger partial charge in [0.25, 0.3) is 0 Å². The van der Waals surface area contributed by atoms with Gasteiger partial charge in [-0.2, -0.15) is 0 Å². The summed E-state index contributed by atoms with van der Waals surface area (Å²) < 4.78 is 4.74. The third kappa shape index (κ3) is 2.08. The molecule has 0 radical (unpaired) electrons. The first kappa shape index (κ1) is 8.25. The summed E-state index contributed by atoms with van der Waals surface area (Å²) in [6, 6.07) is 0.282. The van der Waals surface area contributed by atoms with Gasteiger partial charge in [0.2, 0.25) is 0 Å². The highest BCUT2D eigenvalue weighted by atomic mass is 16.5. The van der Waals surface area contributed by atoms with E-state index < -0.39 is 0 Å². The lowest BCUT2D eigenvalue weighted by molar-refractivity contribution is 0.380. The molecule has 1 rings (SSSR count). The molecule has 12 heavy (non-hydrogen) atoms. The summed E-state index contributed by atoms with van der Waals surface area (Å²) in [6.45, 7) is 0. The maximum atomic E-state index is 5.14. The third-order valence-electron chi connectivity index (χ3n) is 1.06. The van der Waals surface area contributed by atoms with Gasteiger partial charge < -0.3 is 16.2 Å². The zero-order chi connectivity index (χ0) is 8.97. The topological polar surface area (TPSA) is 99.4 Å². The first-order valence-electron chi connectivity index (χ1n) is 3.18. The monoisotopic (exact) mass is 167 g/mol. The summed E-state index contributed by atoms with van der Waals surface area (Å²) in [5.74, 6) is -0.0243. The molecule has 0 spiro atoms. The lowest BCUT2D eigenvalue weighted by Gasteiger charge is -1.96. The summed E-state index contributed by atoms with van der Waals surface area (Å²) in [7, 11) is 1.48. The minimum Gasteiger partial charge on any atom is -0.467 e. The van der Waals surface area contributed by atoms with Crippen LogP contribution >= 0.6 is 0 Å². The Labute approximate surface area is 69.3 Å². The van der Waals surface area contributed by atoms with Gasteiger partial charge >= 0.3 is 6.01 Å². The number of aromatic nitrogens is 2. The Morgan fingerprint density at radius 1 is 1.42 bits per heavy atom. The van der Waals surface area contributed by atoms with Crippen molar-refractivity contribution in [2.75, 3.05) is 7.11 Å². The number of methoxy groups -OCH3 is 1. The molecule has 1 aromatic rings. The number of nitrogens with zero attached hydrogens (tertiary/aromatic N) is 3. The first-order valence-corrected chi connectivity index (χ1v) is 3.18. The molecule has 64 valence electrons. The normalized spacial score (nSPS) is 9.08. The SMILES string of the molecule is COc1ncc(N=C(N)N)cn1. The van der Waals surface area contributed by atoms with E-state index in [4.69, 9.17) is 16.2 Å².